The van der Waals surface area contributed by atoms with E-state index in [1.807, 2.05) is 19.1 Å². The molecule has 1 aromatic heterocycles. The molecule has 0 unspecified atom stereocenters. The molecular weight excluding hydrogens is 310 g/mol. The molecule has 0 saturated heterocycles. The SMILES string of the molecule is COc1c(C)[nH]c2ccc3c(c2c1=O)CCCC=C3c1ccccc1. The molecule has 3 heteroatoms. The molecule has 0 saturated carbocycles. The average Bonchev–Trinajstić information content (AvgIpc) is 2.85. The first kappa shape index (κ1) is 15.7. The number of pyridine rings is 1. The number of fused-ring (bicyclic) bond motifs is 3. The van der Waals surface area contributed by atoms with Crippen LogP contribution >= 0.6 is 0 Å². The number of aromatic nitrogens is 1. The fraction of sp³-hybridized carbons (Fsp3) is 0.227. The molecule has 1 aliphatic rings. The molecule has 0 atom stereocenters. The third-order valence-corrected chi connectivity index (χ3v) is 4.97. The number of benzene rings is 2. The number of ether oxygens (including phenoxy) is 1. The number of rotatable bonds is 2. The van der Waals surface area contributed by atoms with Gasteiger partial charge < -0.3 is 9.72 Å². The van der Waals surface area contributed by atoms with Crippen molar-refractivity contribution in [2.75, 3.05) is 7.11 Å². The Morgan fingerprint density at radius 2 is 1.88 bits per heavy atom. The molecular formula is C22H21NO2. The largest absolute Gasteiger partial charge is 0.491 e. The van der Waals surface area contributed by atoms with Crippen molar-refractivity contribution in [1.82, 2.24) is 4.98 Å². The van der Waals surface area contributed by atoms with Gasteiger partial charge in [-0.2, -0.15) is 0 Å². The fourth-order valence-electron chi connectivity index (χ4n) is 3.84. The number of hydrogen-bond donors (Lipinski definition) is 1. The molecule has 2 aromatic carbocycles. The molecule has 3 nitrogen and oxygen atoms in total. The highest BCUT2D eigenvalue weighted by Crippen LogP contribution is 2.34. The van der Waals surface area contributed by atoms with E-state index in [4.69, 9.17) is 4.74 Å². The van der Waals surface area contributed by atoms with E-state index in [9.17, 15) is 4.79 Å². The van der Waals surface area contributed by atoms with Crippen LogP contribution in [0.1, 0.15) is 35.2 Å². The van der Waals surface area contributed by atoms with Crippen molar-refractivity contribution >= 4 is 16.5 Å². The van der Waals surface area contributed by atoms with Gasteiger partial charge in [-0.15, -0.1) is 0 Å². The molecule has 0 radical (unpaired) electrons. The van der Waals surface area contributed by atoms with Gasteiger partial charge in [-0.05, 0) is 54.5 Å². The second-order valence-corrected chi connectivity index (χ2v) is 6.50. The van der Waals surface area contributed by atoms with Crippen molar-refractivity contribution in [2.24, 2.45) is 0 Å². The number of aryl methyl sites for hydroxylation is 2. The van der Waals surface area contributed by atoms with Gasteiger partial charge >= 0.3 is 0 Å². The molecule has 1 aliphatic carbocycles. The Labute approximate surface area is 147 Å². The number of nitrogens with one attached hydrogen (secondary N) is 1. The van der Waals surface area contributed by atoms with Crippen molar-refractivity contribution in [1.29, 1.82) is 0 Å². The van der Waals surface area contributed by atoms with Crippen molar-refractivity contribution < 1.29 is 4.74 Å². The van der Waals surface area contributed by atoms with Crippen LogP contribution in [-0.4, -0.2) is 12.1 Å². The molecule has 1 heterocycles. The molecule has 0 bridgehead atoms. The van der Waals surface area contributed by atoms with Crippen LogP contribution in [0.15, 0.2) is 53.3 Å². The topological polar surface area (TPSA) is 42.1 Å². The highest BCUT2D eigenvalue weighted by molar-refractivity contribution is 5.92. The lowest BCUT2D eigenvalue weighted by Gasteiger charge is -2.15. The Balaban J connectivity index is 2.04. The number of allylic oxidation sites excluding steroid dienone is 1. The summed E-state index contributed by atoms with van der Waals surface area (Å²) in [5, 5.41) is 0.767. The lowest BCUT2D eigenvalue weighted by Crippen LogP contribution is -2.12. The van der Waals surface area contributed by atoms with Gasteiger partial charge in [-0.25, -0.2) is 0 Å². The second kappa shape index (κ2) is 6.25. The van der Waals surface area contributed by atoms with Crippen LogP contribution in [0, 0.1) is 6.92 Å². The molecule has 0 spiro atoms. The Bertz CT molecular complexity index is 1030. The summed E-state index contributed by atoms with van der Waals surface area (Å²) >= 11 is 0. The third kappa shape index (κ3) is 2.56. The summed E-state index contributed by atoms with van der Waals surface area (Å²) < 4.78 is 5.36. The van der Waals surface area contributed by atoms with E-state index >= 15 is 0 Å². The summed E-state index contributed by atoms with van der Waals surface area (Å²) in [5.74, 6) is 0.412. The predicted octanol–water partition coefficient (Wildman–Crippen LogP) is 4.61. The quantitative estimate of drug-likeness (QED) is 0.745. The van der Waals surface area contributed by atoms with Crippen molar-refractivity contribution in [2.45, 2.75) is 26.2 Å². The lowest BCUT2D eigenvalue weighted by molar-refractivity contribution is 0.406. The van der Waals surface area contributed by atoms with Gasteiger partial charge in [-0.3, -0.25) is 4.79 Å². The Morgan fingerprint density at radius 1 is 1.08 bits per heavy atom. The van der Waals surface area contributed by atoms with Gasteiger partial charge in [0.05, 0.1) is 23.7 Å². The minimum Gasteiger partial charge on any atom is -0.491 e. The molecule has 1 N–H and O–H groups in total. The van der Waals surface area contributed by atoms with Gasteiger partial charge in [0.25, 0.3) is 0 Å². The third-order valence-electron chi connectivity index (χ3n) is 4.97. The summed E-state index contributed by atoms with van der Waals surface area (Å²) in [7, 11) is 1.56. The number of H-pyrrole nitrogens is 1. The molecule has 3 aromatic rings. The van der Waals surface area contributed by atoms with Crippen LogP contribution in [0.4, 0.5) is 0 Å². The van der Waals surface area contributed by atoms with E-state index in [0.29, 0.717) is 5.75 Å². The van der Waals surface area contributed by atoms with Crippen LogP contribution < -0.4 is 10.2 Å². The van der Waals surface area contributed by atoms with Crippen molar-refractivity contribution in [3.8, 4) is 5.75 Å². The number of aromatic amines is 1. The van der Waals surface area contributed by atoms with E-state index in [-0.39, 0.29) is 5.43 Å². The zero-order valence-corrected chi connectivity index (χ0v) is 14.6. The summed E-state index contributed by atoms with van der Waals surface area (Å²) in [6.45, 7) is 1.88. The van der Waals surface area contributed by atoms with E-state index in [0.717, 1.165) is 47.0 Å². The molecule has 4 rings (SSSR count). The molecule has 25 heavy (non-hydrogen) atoms. The monoisotopic (exact) mass is 331 g/mol. The normalized spacial score (nSPS) is 13.9. The molecule has 0 amide bonds. The average molecular weight is 331 g/mol. The van der Waals surface area contributed by atoms with Gasteiger partial charge in [-0.1, -0.05) is 42.5 Å². The second-order valence-electron chi connectivity index (χ2n) is 6.50. The Morgan fingerprint density at radius 3 is 2.64 bits per heavy atom. The van der Waals surface area contributed by atoms with E-state index in [2.05, 4.69) is 41.4 Å². The van der Waals surface area contributed by atoms with Crippen LogP contribution in [0.25, 0.3) is 16.5 Å². The van der Waals surface area contributed by atoms with Crippen LogP contribution in [0.3, 0.4) is 0 Å². The van der Waals surface area contributed by atoms with Crippen molar-refractivity contribution in [3.05, 3.63) is 81.1 Å². The maximum Gasteiger partial charge on any atom is 0.231 e. The predicted molar refractivity (Wildman–Crippen MR) is 102 cm³/mol. The van der Waals surface area contributed by atoms with Crippen LogP contribution in [0.2, 0.25) is 0 Å². The Hall–Kier alpha value is -2.81. The first-order valence-electron chi connectivity index (χ1n) is 8.69. The first-order chi connectivity index (χ1) is 12.2. The standard InChI is InChI=1S/C22H21NO2/c1-14-22(25-2)21(24)20-18-11-7-6-10-16(15-8-4-3-5-9-15)17(18)12-13-19(20)23-14/h3-5,8-10,12-13H,6-7,11H2,1-2H3,(H,23,24). The minimum absolute atomic E-state index is 0.0140. The maximum atomic E-state index is 13.0. The van der Waals surface area contributed by atoms with Crippen LogP contribution in [-0.2, 0) is 6.42 Å². The number of hydrogen-bond acceptors (Lipinski definition) is 2. The number of methoxy groups -OCH3 is 1. The zero-order valence-electron chi connectivity index (χ0n) is 14.6. The first-order valence-corrected chi connectivity index (χ1v) is 8.69. The molecule has 126 valence electrons. The molecule has 0 aliphatic heterocycles. The Kier molecular flexibility index (Phi) is 3.92. The van der Waals surface area contributed by atoms with Crippen LogP contribution in [0.5, 0.6) is 5.75 Å². The molecule has 0 fully saturated rings. The van der Waals surface area contributed by atoms with E-state index < -0.39 is 0 Å². The highest BCUT2D eigenvalue weighted by Gasteiger charge is 2.19. The van der Waals surface area contributed by atoms with E-state index in [1.165, 1.54) is 11.1 Å². The minimum atomic E-state index is -0.0140. The fourth-order valence-corrected chi connectivity index (χ4v) is 3.84. The summed E-state index contributed by atoms with van der Waals surface area (Å²) in [4.78, 5) is 16.4. The van der Waals surface area contributed by atoms with Crippen molar-refractivity contribution in [3.63, 3.8) is 0 Å². The highest BCUT2D eigenvalue weighted by atomic mass is 16.5. The summed E-state index contributed by atoms with van der Waals surface area (Å²) in [6.07, 6.45) is 5.25. The van der Waals surface area contributed by atoms with Gasteiger partial charge in [0.15, 0.2) is 5.75 Å². The lowest BCUT2D eigenvalue weighted by atomic mass is 9.91. The summed E-state index contributed by atoms with van der Waals surface area (Å²) in [6, 6.07) is 14.6. The van der Waals surface area contributed by atoms with Gasteiger partial charge in [0, 0.05) is 0 Å². The van der Waals surface area contributed by atoms with Gasteiger partial charge in [0.2, 0.25) is 5.43 Å². The summed E-state index contributed by atoms with van der Waals surface area (Å²) in [5.41, 5.74) is 6.34. The zero-order chi connectivity index (χ0) is 17.4. The maximum absolute atomic E-state index is 13.0. The van der Waals surface area contributed by atoms with E-state index in [1.54, 1.807) is 7.11 Å². The van der Waals surface area contributed by atoms with Gasteiger partial charge in [0.1, 0.15) is 0 Å². The smallest absolute Gasteiger partial charge is 0.231 e.